The highest BCUT2D eigenvalue weighted by Gasteiger charge is 2.35. The van der Waals surface area contributed by atoms with Gasteiger partial charge in [0, 0.05) is 11.3 Å². The number of benzene rings is 3. The zero-order chi connectivity index (χ0) is 28.6. The van der Waals surface area contributed by atoms with Gasteiger partial charge in [-0.15, -0.1) is 0 Å². The third-order valence-electron chi connectivity index (χ3n) is 5.65. The number of nitrogens with zero attached hydrogens (tertiary/aromatic N) is 1. The van der Waals surface area contributed by atoms with E-state index in [-0.39, 0.29) is 17.2 Å². The minimum absolute atomic E-state index is 0.107. The second kappa shape index (κ2) is 12.4. The van der Waals surface area contributed by atoms with Crippen LogP contribution in [0.3, 0.4) is 0 Å². The lowest BCUT2D eigenvalue weighted by atomic mass is 10.1. The molecule has 0 unspecified atom stereocenters. The van der Waals surface area contributed by atoms with Crippen LogP contribution in [0.4, 0.5) is 20.6 Å². The van der Waals surface area contributed by atoms with Crippen molar-refractivity contribution in [1.82, 2.24) is 10.2 Å². The molecule has 5 amide bonds. The maximum atomic E-state index is 13.1. The number of hydrogen-bond donors (Lipinski definition) is 3. The number of anilines is 2. The van der Waals surface area contributed by atoms with Gasteiger partial charge in [0.1, 0.15) is 23.8 Å². The van der Waals surface area contributed by atoms with Crippen molar-refractivity contribution in [2.75, 3.05) is 38.0 Å². The maximum absolute atomic E-state index is 13.1. The predicted molar refractivity (Wildman–Crippen MR) is 143 cm³/mol. The van der Waals surface area contributed by atoms with Crippen molar-refractivity contribution in [2.24, 2.45) is 0 Å². The van der Waals surface area contributed by atoms with Gasteiger partial charge in [-0.3, -0.25) is 14.4 Å². The maximum Gasteiger partial charge on any atom is 0.329 e. The molecule has 1 saturated heterocycles. The Bertz CT molecular complexity index is 1470. The van der Waals surface area contributed by atoms with Crippen molar-refractivity contribution < 1.29 is 37.8 Å². The van der Waals surface area contributed by atoms with Gasteiger partial charge in [0.2, 0.25) is 5.91 Å². The van der Waals surface area contributed by atoms with Crippen molar-refractivity contribution in [1.29, 1.82) is 0 Å². The van der Waals surface area contributed by atoms with Crippen LogP contribution >= 0.6 is 0 Å². The van der Waals surface area contributed by atoms with Crippen LogP contribution < -0.4 is 30.2 Å². The molecule has 1 fully saturated rings. The van der Waals surface area contributed by atoms with E-state index in [0.717, 1.165) is 4.90 Å². The molecule has 40 heavy (non-hydrogen) atoms. The number of hydrogen-bond acceptors (Lipinski definition) is 7. The van der Waals surface area contributed by atoms with Gasteiger partial charge in [0.15, 0.2) is 18.1 Å². The van der Waals surface area contributed by atoms with E-state index < -0.39 is 42.7 Å². The van der Waals surface area contributed by atoms with E-state index in [1.807, 2.05) is 0 Å². The molecule has 0 spiro atoms. The monoisotopic (exact) mass is 548 g/mol. The van der Waals surface area contributed by atoms with Crippen molar-refractivity contribution in [3.8, 4) is 17.2 Å². The Morgan fingerprint density at radius 1 is 0.900 bits per heavy atom. The first-order valence-electron chi connectivity index (χ1n) is 11.9. The molecule has 0 radical (unpaired) electrons. The Morgan fingerprint density at radius 2 is 1.60 bits per heavy atom. The van der Waals surface area contributed by atoms with E-state index in [1.54, 1.807) is 42.5 Å². The highest BCUT2D eigenvalue weighted by atomic mass is 19.1. The number of carbonyl (C=O) groups excluding carboxylic acids is 4. The molecule has 0 atom stereocenters. The Kier molecular flexibility index (Phi) is 8.59. The zero-order valence-electron chi connectivity index (χ0n) is 21.5. The summed E-state index contributed by atoms with van der Waals surface area (Å²) in [4.78, 5) is 51.2. The van der Waals surface area contributed by atoms with Crippen LogP contribution in [0, 0.1) is 5.82 Å². The SMILES string of the molecule is COc1ccccc1NC(=O)CN1C(=O)N/C(=C/c2cccc(OC)c2OCC(=O)Nc2ccc(F)cc2)C1=O. The minimum atomic E-state index is -0.782. The van der Waals surface area contributed by atoms with Gasteiger partial charge >= 0.3 is 6.03 Å². The van der Waals surface area contributed by atoms with Crippen LogP contribution in [0.5, 0.6) is 17.2 Å². The van der Waals surface area contributed by atoms with Gasteiger partial charge in [-0.05, 0) is 48.5 Å². The standard InChI is InChI=1S/C28H25FN4O7/c1-38-22-8-4-3-7-20(22)31-24(34)15-33-27(36)21(32-28(33)37)14-17-6-5-9-23(39-2)26(17)40-16-25(35)30-19-12-10-18(29)11-13-19/h3-14H,15-16H2,1-2H3,(H,30,35)(H,31,34)(H,32,37)/b21-14+. The second-order valence-electron chi connectivity index (χ2n) is 8.35. The first kappa shape index (κ1) is 27.6. The van der Waals surface area contributed by atoms with Gasteiger partial charge in [-0.1, -0.05) is 24.3 Å². The fourth-order valence-electron chi connectivity index (χ4n) is 3.78. The topological polar surface area (TPSA) is 135 Å². The first-order valence-corrected chi connectivity index (χ1v) is 11.9. The Morgan fingerprint density at radius 3 is 2.33 bits per heavy atom. The minimum Gasteiger partial charge on any atom is -0.495 e. The average Bonchev–Trinajstić information content (AvgIpc) is 3.20. The van der Waals surface area contributed by atoms with Gasteiger partial charge in [-0.2, -0.15) is 0 Å². The lowest BCUT2D eigenvalue weighted by Gasteiger charge is -2.14. The van der Waals surface area contributed by atoms with Crippen molar-refractivity contribution >= 4 is 41.2 Å². The number of methoxy groups -OCH3 is 2. The largest absolute Gasteiger partial charge is 0.495 e. The summed E-state index contributed by atoms with van der Waals surface area (Å²) in [5, 5.41) is 7.64. The average molecular weight is 549 g/mol. The molecule has 11 nitrogen and oxygen atoms in total. The van der Waals surface area contributed by atoms with Gasteiger partial charge in [0.25, 0.3) is 11.8 Å². The molecular weight excluding hydrogens is 523 g/mol. The molecule has 1 aliphatic heterocycles. The van der Waals surface area contributed by atoms with E-state index in [4.69, 9.17) is 14.2 Å². The number of ether oxygens (including phenoxy) is 3. The summed E-state index contributed by atoms with van der Waals surface area (Å²) in [5.41, 5.74) is 0.993. The lowest BCUT2D eigenvalue weighted by molar-refractivity contribution is -0.127. The number of nitrogens with one attached hydrogen (secondary N) is 3. The number of halogens is 1. The van der Waals surface area contributed by atoms with Crippen LogP contribution in [-0.2, 0) is 14.4 Å². The molecule has 3 aromatic rings. The molecule has 0 aromatic heterocycles. The molecule has 0 aliphatic carbocycles. The van der Waals surface area contributed by atoms with Crippen molar-refractivity contribution in [2.45, 2.75) is 0 Å². The fraction of sp³-hybridized carbons (Fsp3) is 0.143. The van der Waals surface area contributed by atoms with E-state index in [1.165, 1.54) is 44.6 Å². The molecule has 3 N–H and O–H groups in total. The summed E-state index contributed by atoms with van der Waals surface area (Å²) in [6.07, 6.45) is 1.36. The van der Waals surface area contributed by atoms with Gasteiger partial charge in [0.05, 0.1) is 19.9 Å². The quantitative estimate of drug-likeness (QED) is 0.261. The number of urea groups is 1. The van der Waals surface area contributed by atoms with E-state index in [2.05, 4.69) is 16.0 Å². The Balaban J connectivity index is 1.46. The smallest absolute Gasteiger partial charge is 0.329 e. The van der Waals surface area contributed by atoms with Crippen LogP contribution in [0.25, 0.3) is 6.08 Å². The molecular formula is C28H25FN4O7. The number of carbonyl (C=O) groups is 4. The van der Waals surface area contributed by atoms with E-state index in [0.29, 0.717) is 22.7 Å². The summed E-state index contributed by atoms with van der Waals surface area (Å²) in [7, 11) is 2.86. The zero-order valence-corrected chi connectivity index (χ0v) is 21.5. The number of para-hydroxylation sites is 3. The highest BCUT2D eigenvalue weighted by molar-refractivity contribution is 6.16. The summed E-state index contributed by atoms with van der Waals surface area (Å²) >= 11 is 0. The third-order valence-corrected chi connectivity index (χ3v) is 5.65. The van der Waals surface area contributed by atoms with Crippen LogP contribution in [0.2, 0.25) is 0 Å². The van der Waals surface area contributed by atoms with E-state index in [9.17, 15) is 23.6 Å². The summed E-state index contributed by atoms with van der Waals surface area (Å²) < 4.78 is 29.3. The van der Waals surface area contributed by atoms with Crippen LogP contribution in [0.1, 0.15) is 5.56 Å². The number of rotatable bonds is 10. The molecule has 1 aliphatic rings. The van der Waals surface area contributed by atoms with E-state index >= 15 is 0 Å². The molecule has 3 aromatic carbocycles. The van der Waals surface area contributed by atoms with Gasteiger partial charge in [-0.25, -0.2) is 14.1 Å². The molecule has 206 valence electrons. The Hall–Kier alpha value is -5.39. The summed E-state index contributed by atoms with van der Waals surface area (Å²) in [5.74, 6) is -1.46. The Labute approximate surface area is 228 Å². The first-order chi connectivity index (χ1) is 19.3. The number of imide groups is 1. The van der Waals surface area contributed by atoms with Crippen LogP contribution in [0.15, 0.2) is 72.4 Å². The molecule has 12 heteroatoms. The van der Waals surface area contributed by atoms with Crippen molar-refractivity contribution in [3.63, 3.8) is 0 Å². The van der Waals surface area contributed by atoms with Crippen LogP contribution in [-0.4, -0.2) is 56.0 Å². The normalized spacial score (nSPS) is 13.6. The molecule has 4 rings (SSSR count). The number of amides is 5. The molecule has 0 saturated carbocycles. The summed E-state index contributed by atoms with van der Waals surface area (Å²) in [6, 6.07) is 16.0. The highest BCUT2D eigenvalue weighted by Crippen LogP contribution is 2.33. The fourth-order valence-corrected chi connectivity index (χ4v) is 3.78. The predicted octanol–water partition coefficient (Wildman–Crippen LogP) is 3.39. The molecule has 1 heterocycles. The molecule has 0 bridgehead atoms. The second-order valence-corrected chi connectivity index (χ2v) is 8.35. The van der Waals surface area contributed by atoms with Gasteiger partial charge < -0.3 is 30.2 Å². The third kappa shape index (κ3) is 6.54. The van der Waals surface area contributed by atoms with Crippen molar-refractivity contribution in [3.05, 3.63) is 83.8 Å². The lowest BCUT2D eigenvalue weighted by Crippen LogP contribution is -2.38. The summed E-state index contributed by atoms with van der Waals surface area (Å²) in [6.45, 7) is -0.964.